The van der Waals surface area contributed by atoms with E-state index in [0.717, 1.165) is 106 Å². The van der Waals surface area contributed by atoms with Crippen LogP contribution in [0.15, 0.2) is 83.8 Å². The van der Waals surface area contributed by atoms with Crippen molar-refractivity contribution in [1.29, 1.82) is 5.26 Å². The predicted octanol–water partition coefficient (Wildman–Crippen LogP) is 11.8. The number of methoxy groups -OCH3 is 2. The Balaban J connectivity index is 0.000000605. The maximum Gasteiger partial charge on any atom is 0.306 e. The number of hydrogen-bond donors (Lipinski definition) is 3. The molecule has 3 aliphatic heterocycles. The molecule has 0 spiro atoms. The number of amides is 1. The van der Waals surface area contributed by atoms with Gasteiger partial charge in [0.05, 0.1) is 48.4 Å². The molecule has 19 heteroatoms. The highest BCUT2D eigenvalue weighted by Gasteiger charge is 2.29. The van der Waals surface area contributed by atoms with Crippen molar-refractivity contribution in [3.63, 3.8) is 0 Å². The summed E-state index contributed by atoms with van der Waals surface area (Å²) in [5.74, 6) is 9.03. The first-order valence-electron chi connectivity index (χ1n) is 29.7. The van der Waals surface area contributed by atoms with Crippen LogP contribution in [-0.4, -0.2) is 124 Å². The second-order valence-electron chi connectivity index (χ2n) is 21.5. The molecule has 0 radical (unpaired) electrons. The van der Waals surface area contributed by atoms with Gasteiger partial charge in [-0.25, -0.2) is 10.1 Å². The first kappa shape index (κ1) is 65.7. The second kappa shape index (κ2) is 33.1. The molecular formula is C64H90ClN11O6S. The van der Waals surface area contributed by atoms with E-state index in [1.165, 1.54) is 47.5 Å². The Bertz CT molecular complexity index is 2890. The highest BCUT2D eigenvalue weighted by atomic mass is 35.5. The fourth-order valence-electron chi connectivity index (χ4n) is 10.9. The standard InChI is InChI=1S/C51H70N10O5S.C8H6ClNO.C3H8.C2H6/c1-6-65-49(62)30-42(38-27-43(52)50(57(4)53)46(28-38)64-5)37-13-12-34(2)39(26-37)33-61-31-35(3)66-45-29-41(14-16-47(45)67-61)59-24-22-58(23-25-59)32-36-18-20-60(21-19-36)48-17-15-44(55-56-48)51(63)54-40-10-8-7-9-11-40;1-11-7-3-2-6(5-10)8(9)4-7;1-3-2;1-2/h12-17,26-29,35-36,40,42H,6-11,18-25,30-33,52-53H2,1-5H3,(H,54,63);2-4H,1H3;3H2,1-2H3;1-2H3. The summed E-state index contributed by atoms with van der Waals surface area (Å²) in [7, 11) is 4.86. The molecule has 1 aliphatic carbocycles. The van der Waals surface area contributed by atoms with Crippen LogP contribution in [0.3, 0.4) is 0 Å². The zero-order valence-corrected chi connectivity index (χ0v) is 52.3. The number of piperazine rings is 1. The normalized spacial score (nSPS) is 17.0. The maximum atomic E-state index is 13.0. The lowest BCUT2D eigenvalue weighted by Crippen LogP contribution is -2.49. The zero-order chi connectivity index (χ0) is 60.0. The molecule has 4 heterocycles. The number of nitrogens with two attached hydrogens (primary N) is 2. The fraction of sp³-hybridized carbons (Fsp3) is 0.516. The highest BCUT2D eigenvalue weighted by Crippen LogP contribution is 2.42. The summed E-state index contributed by atoms with van der Waals surface area (Å²) in [6, 6.07) is 27.9. The zero-order valence-electron chi connectivity index (χ0n) is 50.7. The van der Waals surface area contributed by atoms with Crippen LogP contribution in [0, 0.1) is 24.2 Å². The molecule has 17 nitrogen and oxygen atoms in total. The Morgan fingerprint density at radius 3 is 2.23 bits per heavy atom. The molecular weight excluding hydrogens is 1090 g/mol. The molecule has 0 bridgehead atoms. The Kier molecular flexibility index (Phi) is 26.2. The number of ether oxygens (including phenoxy) is 4. The molecule has 2 saturated heterocycles. The van der Waals surface area contributed by atoms with Crippen LogP contribution in [0.1, 0.15) is 144 Å². The monoisotopic (exact) mass is 1180 g/mol. The summed E-state index contributed by atoms with van der Waals surface area (Å²) in [5.41, 5.74) is 13.8. The van der Waals surface area contributed by atoms with E-state index in [1.807, 2.05) is 51.1 Å². The number of nitriles is 1. The minimum Gasteiger partial charge on any atom is -0.497 e. The van der Waals surface area contributed by atoms with Crippen LogP contribution in [0.5, 0.6) is 17.2 Å². The van der Waals surface area contributed by atoms with Crippen LogP contribution in [0.4, 0.5) is 22.9 Å². The SMILES string of the molecule is CC.CCC.CCOC(=O)CC(c1ccc(C)c(CN2CC(C)Oc3cc(N4CCN(CC5CCN(c6ccc(C(=O)NC7CCCCC7)nn6)CC5)CC4)ccc3S2)c1)c1cc(N)c(N(C)N)c(OC)c1.COc1ccc(C#N)c(Cl)c1. The van der Waals surface area contributed by atoms with Gasteiger partial charge in [0.1, 0.15) is 35.1 Å². The van der Waals surface area contributed by atoms with Crippen LogP contribution in [0.25, 0.3) is 0 Å². The van der Waals surface area contributed by atoms with Crippen molar-refractivity contribution in [2.75, 3.05) is 101 Å². The van der Waals surface area contributed by atoms with Crippen LogP contribution in [0.2, 0.25) is 5.02 Å². The molecule has 5 N–H and O–H groups in total. The molecule has 3 fully saturated rings. The summed E-state index contributed by atoms with van der Waals surface area (Å²) < 4.78 is 25.0. The molecule has 83 heavy (non-hydrogen) atoms. The van der Waals surface area contributed by atoms with E-state index in [9.17, 15) is 9.59 Å². The van der Waals surface area contributed by atoms with E-state index < -0.39 is 0 Å². The van der Waals surface area contributed by atoms with Crippen LogP contribution < -0.4 is 45.9 Å². The number of halogens is 1. The third-order valence-corrected chi connectivity index (χ3v) is 16.5. The molecule has 2 unspecified atom stereocenters. The summed E-state index contributed by atoms with van der Waals surface area (Å²) in [5, 5.41) is 22.3. The number of aryl methyl sites for hydroxylation is 1. The lowest BCUT2D eigenvalue weighted by molar-refractivity contribution is -0.143. The number of piperidine rings is 1. The summed E-state index contributed by atoms with van der Waals surface area (Å²) in [6.07, 6.45) is 9.34. The van der Waals surface area contributed by atoms with Gasteiger partial charge < -0.3 is 44.8 Å². The summed E-state index contributed by atoms with van der Waals surface area (Å²) >= 11 is 7.44. The molecule has 5 aromatic rings. The predicted molar refractivity (Wildman–Crippen MR) is 337 cm³/mol. The van der Waals surface area contributed by atoms with Crippen molar-refractivity contribution < 1.29 is 28.5 Å². The van der Waals surface area contributed by atoms with Crippen molar-refractivity contribution >= 4 is 58.3 Å². The molecule has 1 saturated carbocycles. The van der Waals surface area contributed by atoms with Gasteiger partial charge in [0.25, 0.3) is 5.91 Å². The van der Waals surface area contributed by atoms with Crippen LogP contribution in [-0.2, 0) is 16.1 Å². The van der Waals surface area contributed by atoms with E-state index in [-0.39, 0.29) is 36.4 Å². The number of aromatic nitrogens is 2. The third kappa shape index (κ3) is 18.8. The Morgan fingerprint density at radius 2 is 1.60 bits per heavy atom. The number of hydrazine groups is 1. The lowest BCUT2D eigenvalue weighted by Gasteiger charge is -2.39. The van der Waals surface area contributed by atoms with E-state index in [1.54, 1.807) is 51.4 Å². The van der Waals surface area contributed by atoms with Gasteiger partial charge in [-0.15, -0.1) is 10.2 Å². The van der Waals surface area contributed by atoms with E-state index in [2.05, 4.69) is 98.6 Å². The topological polar surface area (TPSA) is 201 Å². The number of esters is 1. The number of benzene rings is 4. The van der Waals surface area contributed by atoms with Gasteiger partial charge in [0, 0.05) is 95.7 Å². The Hall–Kier alpha value is -6.49. The van der Waals surface area contributed by atoms with Crippen molar-refractivity contribution in [2.45, 2.75) is 136 Å². The van der Waals surface area contributed by atoms with Gasteiger partial charge in [0.2, 0.25) is 0 Å². The summed E-state index contributed by atoms with van der Waals surface area (Å²) in [6.45, 7) is 23.1. The summed E-state index contributed by atoms with van der Waals surface area (Å²) in [4.78, 5) is 34.3. The van der Waals surface area contributed by atoms with Gasteiger partial charge in [-0.2, -0.15) is 5.26 Å². The van der Waals surface area contributed by atoms with E-state index in [4.69, 9.17) is 47.4 Å². The first-order chi connectivity index (χ1) is 40.1. The van der Waals surface area contributed by atoms with Crippen LogP contribution >= 0.6 is 23.5 Å². The molecule has 4 aliphatic rings. The van der Waals surface area contributed by atoms with Crippen molar-refractivity contribution in [1.82, 2.24) is 24.7 Å². The molecule has 9 rings (SSSR count). The number of hydrogen-bond acceptors (Lipinski definition) is 17. The van der Waals surface area contributed by atoms with Crippen molar-refractivity contribution in [3.05, 3.63) is 117 Å². The lowest BCUT2D eigenvalue weighted by atomic mass is 9.86. The number of nitrogen functional groups attached to an aromatic ring is 1. The quantitative estimate of drug-likeness (QED) is 0.0277. The number of anilines is 4. The second-order valence-corrected chi connectivity index (χ2v) is 23.0. The first-order valence-corrected chi connectivity index (χ1v) is 30.8. The minimum absolute atomic E-state index is 0.0224. The number of nitrogens with zero attached hydrogens (tertiary/aromatic N) is 8. The highest BCUT2D eigenvalue weighted by molar-refractivity contribution is 7.97. The average Bonchev–Trinajstić information content (AvgIpc) is 3.93. The van der Waals surface area contributed by atoms with Crippen molar-refractivity contribution in [2.24, 2.45) is 11.8 Å². The van der Waals surface area contributed by atoms with Gasteiger partial charge in [-0.1, -0.05) is 83.2 Å². The number of carbonyl (C=O) groups is 2. The van der Waals surface area contributed by atoms with Gasteiger partial charge in [-0.05, 0) is 135 Å². The number of carbonyl (C=O) groups excluding carboxylic acids is 2. The smallest absolute Gasteiger partial charge is 0.306 e. The molecule has 450 valence electrons. The van der Waals surface area contributed by atoms with Gasteiger partial charge in [-0.3, -0.25) is 14.5 Å². The maximum absolute atomic E-state index is 13.0. The minimum atomic E-state index is -0.316. The number of nitrogens with one attached hydrogen (secondary N) is 1. The van der Waals surface area contributed by atoms with E-state index >= 15 is 0 Å². The molecule has 1 amide bonds. The largest absolute Gasteiger partial charge is 0.497 e. The number of fused-ring (bicyclic) bond motifs is 1. The number of rotatable bonds is 16. The third-order valence-electron chi connectivity index (χ3n) is 15.2. The van der Waals surface area contributed by atoms with E-state index in [0.29, 0.717) is 58.2 Å². The van der Waals surface area contributed by atoms with Gasteiger partial charge >= 0.3 is 5.97 Å². The Morgan fingerprint density at radius 1 is 0.880 bits per heavy atom. The average molecular weight is 1180 g/mol. The fourth-order valence-corrected chi connectivity index (χ4v) is 12.2. The molecule has 1 aromatic heterocycles. The van der Waals surface area contributed by atoms with Gasteiger partial charge in [0.15, 0.2) is 11.5 Å². The van der Waals surface area contributed by atoms with Crippen molar-refractivity contribution in [3.8, 4) is 23.3 Å². The Labute approximate surface area is 503 Å². The molecule has 2 atom stereocenters. The molecule has 4 aromatic carbocycles.